The quantitative estimate of drug-likeness (QED) is 0.297. The number of hydrogen-bond donors (Lipinski definition) is 0. The van der Waals surface area contributed by atoms with Crippen LogP contribution in [0.5, 0.6) is 11.5 Å². The van der Waals surface area contributed by atoms with Crippen LogP contribution < -0.4 is 9.64 Å². The molecule has 5 aromatic rings. The molecule has 0 saturated carbocycles. The SMILES string of the molecule is O=C(C1c2ccccc2Oc2ccccc21)N(CCCn1ccnc1)c1nc2c(F)cccc2s1. The first kappa shape index (κ1) is 21.5. The number of anilines is 1. The van der Waals surface area contributed by atoms with E-state index in [1.165, 1.54) is 17.4 Å². The molecule has 0 unspecified atom stereocenters. The maximum Gasteiger partial charge on any atom is 0.241 e. The zero-order valence-corrected chi connectivity index (χ0v) is 19.5. The summed E-state index contributed by atoms with van der Waals surface area (Å²) < 4.78 is 23.2. The van der Waals surface area contributed by atoms with E-state index in [1.807, 2.05) is 65.4 Å². The van der Waals surface area contributed by atoms with Crippen molar-refractivity contribution in [3.05, 3.63) is 102 Å². The molecule has 3 aromatic carbocycles. The number of carbonyl (C=O) groups excluding carboxylic acids is 1. The number of benzene rings is 3. The van der Waals surface area contributed by atoms with E-state index in [-0.39, 0.29) is 11.4 Å². The van der Waals surface area contributed by atoms with E-state index in [0.717, 1.165) is 11.1 Å². The third-order valence-electron chi connectivity index (χ3n) is 6.14. The third-order valence-corrected chi connectivity index (χ3v) is 7.18. The highest BCUT2D eigenvalue weighted by atomic mass is 32.1. The first-order chi connectivity index (χ1) is 17.2. The molecule has 0 N–H and O–H groups in total. The Hall–Kier alpha value is -4.04. The van der Waals surface area contributed by atoms with Crippen LogP contribution in [0.4, 0.5) is 9.52 Å². The van der Waals surface area contributed by atoms with Gasteiger partial charge in [0.15, 0.2) is 5.13 Å². The molecule has 0 radical (unpaired) electrons. The van der Waals surface area contributed by atoms with E-state index in [0.29, 0.717) is 40.8 Å². The molecule has 6 rings (SSSR count). The number of rotatable bonds is 6. The predicted octanol–water partition coefficient (Wildman–Crippen LogP) is 5.99. The van der Waals surface area contributed by atoms with Gasteiger partial charge < -0.3 is 9.30 Å². The van der Waals surface area contributed by atoms with Gasteiger partial charge in [0, 0.05) is 36.6 Å². The number of amides is 1. The minimum atomic E-state index is -0.554. The van der Waals surface area contributed by atoms with Gasteiger partial charge in [-0.1, -0.05) is 53.8 Å². The topological polar surface area (TPSA) is 60.2 Å². The fourth-order valence-electron chi connectivity index (χ4n) is 4.48. The molecule has 0 saturated heterocycles. The maximum atomic E-state index is 14.5. The van der Waals surface area contributed by atoms with Crippen molar-refractivity contribution in [1.29, 1.82) is 0 Å². The maximum absolute atomic E-state index is 14.5. The molecule has 1 aliphatic heterocycles. The van der Waals surface area contributed by atoms with Gasteiger partial charge in [-0.3, -0.25) is 9.69 Å². The lowest BCUT2D eigenvalue weighted by Crippen LogP contribution is -2.37. The van der Waals surface area contributed by atoms with Gasteiger partial charge >= 0.3 is 0 Å². The van der Waals surface area contributed by atoms with Crippen molar-refractivity contribution in [3.8, 4) is 11.5 Å². The Morgan fingerprint density at radius 3 is 2.46 bits per heavy atom. The molecule has 1 aliphatic rings. The number of hydrogen-bond acceptors (Lipinski definition) is 5. The normalized spacial score (nSPS) is 12.7. The number of nitrogens with zero attached hydrogens (tertiary/aromatic N) is 4. The lowest BCUT2D eigenvalue weighted by molar-refractivity contribution is -0.119. The van der Waals surface area contributed by atoms with Crippen LogP contribution in [0.1, 0.15) is 23.5 Å². The van der Waals surface area contributed by atoms with Crippen molar-refractivity contribution in [2.24, 2.45) is 0 Å². The van der Waals surface area contributed by atoms with Gasteiger partial charge in [-0.15, -0.1) is 0 Å². The van der Waals surface area contributed by atoms with Crippen molar-refractivity contribution in [2.75, 3.05) is 11.4 Å². The van der Waals surface area contributed by atoms with Gasteiger partial charge in [0.25, 0.3) is 0 Å². The number of halogens is 1. The Labute approximate surface area is 205 Å². The Bertz CT molecular complexity index is 1470. The number of imidazole rings is 1. The summed E-state index contributed by atoms with van der Waals surface area (Å²) >= 11 is 1.33. The zero-order valence-electron chi connectivity index (χ0n) is 18.7. The van der Waals surface area contributed by atoms with Gasteiger partial charge in [0.2, 0.25) is 5.91 Å². The number of ether oxygens (including phenoxy) is 1. The van der Waals surface area contributed by atoms with Crippen molar-refractivity contribution >= 4 is 32.6 Å². The molecule has 174 valence electrons. The summed E-state index contributed by atoms with van der Waals surface area (Å²) in [6.45, 7) is 1.13. The van der Waals surface area contributed by atoms with Gasteiger partial charge in [0.1, 0.15) is 22.8 Å². The monoisotopic (exact) mass is 484 g/mol. The molecule has 35 heavy (non-hydrogen) atoms. The second-order valence-electron chi connectivity index (χ2n) is 8.34. The van der Waals surface area contributed by atoms with Crippen molar-refractivity contribution in [3.63, 3.8) is 0 Å². The molecule has 3 heterocycles. The first-order valence-electron chi connectivity index (χ1n) is 11.4. The summed E-state index contributed by atoms with van der Waals surface area (Å²) in [5.41, 5.74) is 1.90. The van der Waals surface area contributed by atoms with Crippen molar-refractivity contribution in [2.45, 2.75) is 18.9 Å². The molecular weight excluding hydrogens is 463 g/mol. The van der Waals surface area contributed by atoms with Crippen LogP contribution in [0.2, 0.25) is 0 Å². The van der Waals surface area contributed by atoms with E-state index in [4.69, 9.17) is 4.74 Å². The number of aromatic nitrogens is 3. The number of para-hydroxylation sites is 3. The molecule has 0 bridgehead atoms. The summed E-state index contributed by atoms with van der Waals surface area (Å²) in [4.78, 5) is 24.6. The molecule has 2 aromatic heterocycles. The van der Waals surface area contributed by atoms with Gasteiger partial charge in [-0.2, -0.15) is 0 Å². The molecule has 8 heteroatoms. The van der Waals surface area contributed by atoms with Crippen LogP contribution in [0.3, 0.4) is 0 Å². The van der Waals surface area contributed by atoms with Crippen LogP contribution in [0.25, 0.3) is 10.2 Å². The lowest BCUT2D eigenvalue weighted by Gasteiger charge is -2.31. The lowest BCUT2D eigenvalue weighted by atomic mass is 9.87. The number of fused-ring (bicyclic) bond motifs is 3. The summed E-state index contributed by atoms with van der Waals surface area (Å²) in [5.74, 6) is 0.272. The molecule has 0 fully saturated rings. The van der Waals surface area contributed by atoms with E-state index in [1.54, 1.807) is 23.5 Å². The smallest absolute Gasteiger partial charge is 0.241 e. The molecular formula is C27H21FN4O2S. The van der Waals surface area contributed by atoms with Gasteiger partial charge in [-0.25, -0.2) is 14.4 Å². The predicted molar refractivity (Wildman–Crippen MR) is 134 cm³/mol. The fourth-order valence-corrected chi connectivity index (χ4v) is 5.49. The molecule has 6 nitrogen and oxygen atoms in total. The summed E-state index contributed by atoms with van der Waals surface area (Å²) in [5, 5.41) is 0.488. The van der Waals surface area contributed by atoms with E-state index in [2.05, 4.69) is 9.97 Å². The highest BCUT2D eigenvalue weighted by Gasteiger charge is 2.36. The van der Waals surface area contributed by atoms with Crippen LogP contribution in [0.15, 0.2) is 85.5 Å². The van der Waals surface area contributed by atoms with Crippen LogP contribution in [-0.2, 0) is 11.3 Å². The Balaban J connectivity index is 1.41. The molecule has 1 amide bonds. The molecule has 0 spiro atoms. The highest BCUT2D eigenvalue weighted by Crippen LogP contribution is 2.45. The summed E-state index contributed by atoms with van der Waals surface area (Å²) in [6.07, 6.45) is 6.07. The number of aryl methyl sites for hydroxylation is 1. The Morgan fingerprint density at radius 2 is 1.77 bits per heavy atom. The average Bonchev–Trinajstić information content (AvgIpc) is 3.55. The van der Waals surface area contributed by atoms with Crippen LogP contribution in [0, 0.1) is 5.82 Å². The third kappa shape index (κ3) is 3.95. The zero-order chi connectivity index (χ0) is 23.8. The minimum Gasteiger partial charge on any atom is -0.457 e. The second-order valence-corrected chi connectivity index (χ2v) is 9.35. The standard InChI is InChI=1S/C27H21FN4O2S/c28-20-9-5-12-23-25(20)30-27(35-23)32(15-6-14-31-16-13-29-17-31)26(33)24-18-7-1-3-10-21(18)34-22-11-4-2-8-19(22)24/h1-5,7-13,16-17,24H,6,14-15H2. The average molecular weight is 485 g/mol. The largest absolute Gasteiger partial charge is 0.457 e. The van der Waals surface area contributed by atoms with E-state index < -0.39 is 11.7 Å². The van der Waals surface area contributed by atoms with E-state index in [9.17, 15) is 9.18 Å². The molecule has 0 aliphatic carbocycles. The summed E-state index contributed by atoms with van der Waals surface area (Å²) in [6, 6.07) is 20.1. The second kappa shape index (κ2) is 8.96. The minimum absolute atomic E-state index is 0.113. The Kier molecular flexibility index (Phi) is 5.50. The van der Waals surface area contributed by atoms with Crippen LogP contribution >= 0.6 is 11.3 Å². The first-order valence-corrected chi connectivity index (χ1v) is 12.2. The van der Waals surface area contributed by atoms with Crippen molar-refractivity contribution < 1.29 is 13.9 Å². The summed E-state index contributed by atoms with van der Waals surface area (Å²) in [7, 11) is 0. The van der Waals surface area contributed by atoms with E-state index >= 15 is 0 Å². The van der Waals surface area contributed by atoms with Crippen molar-refractivity contribution in [1.82, 2.24) is 14.5 Å². The number of carbonyl (C=O) groups is 1. The fraction of sp³-hybridized carbons (Fsp3) is 0.148. The molecule has 0 atom stereocenters. The van der Waals surface area contributed by atoms with Gasteiger partial charge in [-0.05, 0) is 30.7 Å². The van der Waals surface area contributed by atoms with Crippen LogP contribution in [-0.4, -0.2) is 27.0 Å². The Morgan fingerprint density at radius 1 is 1.03 bits per heavy atom. The van der Waals surface area contributed by atoms with Gasteiger partial charge in [0.05, 0.1) is 16.9 Å². The number of thiazole rings is 1. The highest BCUT2D eigenvalue weighted by molar-refractivity contribution is 7.22.